The van der Waals surface area contributed by atoms with Gasteiger partial charge in [-0.15, -0.1) is 11.3 Å². The SMILES string of the molecule is C=CC(C)=C(C#CCNc1nc(C)c(C(=O)NC(CNC(=O)c2cccs2)C(=O)OC)c(C)n1)C=CC. The smallest absolute Gasteiger partial charge is 0.330 e. The Hall–Kier alpha value is -4.23. The number of amides is 2. The summed E-state index contributed by atoms with van der Waals surface area (Å²) in [7, 11) is 1.21. The first-order chi connectivity index (χ1) is 17.7. The summed E-state index contributed by atoms with van der Waals surface area (Å²) in [6.45, 7) is 11.1. The number of thiophene rings is 1. The normalized spacial score (nSPS) is 12.0. The minimum atomic E-state index is -1.09. The minimum absolute atomic E-state index is 0.138. The molecule has 0 aliphatic rings. The Morgan fingerprint density at radius 1 is 1.22 bits per heavy atom. The molecule has 0 radical (unpaired) electrons. The second-order valence-corrected chi connectivity index (χ2v) is 8.73. The number of rotatable bonds is 10. The molecular formula is C27H31N5O4S. The van der Waals surface area contributed by atoms with Crippen LogP contribution in [-0.4, -0.2) is 54.0 Å². The van der Waals surface area contributed by atoms with Crippen molar-refractivity contribution in [1.29, 1.82) is 0 Å². The molecule has 0 bridgehead atoms. The lowest BCUT2D eigenvalue weighted by Gasteiger charge is -2.18. The van der Waals surface area contributed by atoms with E-state index in [4.69, 9.17) is 4.74 Å². The van der Waals surface area contributed by atoms with Crippen molar-refractivity contribution in [1.82, 2.24) is 20.6 Å². The maximum Gasteiger partial charge on any atom is 0.330 e. The van der Waals surface area contributed by atoms with Crippen molar-refractivity contribution in [2.45, 2.75) is 33.7 Å². The first-order valence-electron chi connectivity index (χ1n) is 11.5. The molecule has 0 spiro atoms. The summed E-state index contributed by atoms with van der Waals surface area (Å²) >= 11 is 1.27. The van der Waals surface area contributed by atoms with Crippen molar-refractivity contribution < 1.29 is 19.1 Å². The molecule has 2 aromatic rings. The summed E-state index contributed by atoms with van der Waals surface area (Å²) in [5, 5.41) is 10.1. The summed E-state index contributed by atoms with van der Waals surface area (Å²) < 4.78 is 4.79. The molecule has 0 saturated carbocycles. The zero-order valence-corrected chi connectivity index (χ0v) is 22.4. The van der Waals surface area contributed by atoms with Crippen LogP contribution < -0.4 is 16.0 Å². The lowest BCUT2D eigenvalue weighted by Crippen LogP contribution is -2.49. The Labute approximate surface area is 221 Å². The second kappa shape index (κ2) is 14.4. The molecule has 1 atom stereocenters. The van der Waals surface area contributed by atoms with Gasteiger partial charge in [-0.05, 0) is 44.7 Å². The number of nitrogens with one attached hydrogen (secondary N) is 3. The van der Waals surface area contributed by atoms with Crippen LogP contribution in [-0.2, 0) is 9.53 Å². The highest BCUT2D eigenvalue weighted by Crippen LogP contribution is 2.13. The molecule has 10 heteroatoms. The molecule has 1 unspecified atom stereocenters. The average molecular weight is 522 g/mol. The van der Waals surface area contributed by atoms with Gasteiger partial charge in [0.05, 0.1) is 35.5 Å². The van der Waals surface area contributed by atoms with E-state index >= 15 is 0 Å². The molecule has 3 N–H and O–H groups in total. The number of aromatic nitrogens is 2. The number of hydrogen-bond donors (Lipinski definition) is 3. The van der Waals surface area contributed by atoms with Crippen molar-refractivity contribution in [3.8, 4) is 11.8 Å². The topological polar surface area (TPSA) is 122 Å². The van der Waals surface area contributed by atoms with Crippen molar-refractivity contribution in [2.24, 2.45) is 0 Å². The third-order valence-electron chi connectivity index (χ3n) is 5.12. The van der Waals surface area contributed by atoms with Gasteiger partial charge in [0.1, 0.15) is 6.04 Å². The summed E-state index contributed by atoms with van der Waals surface area (Å²) in [6, 6.07) is 2.32. The number of hydrogen-bond acceptors (Lipinski definition) is 8. The monoisotopic (exact) mass is 521 g/mol. The van der Waals surface area contributed by atoms with Gasteiger partial charge in [0.25, 0.3) is 11.8 Å². The fourth-order valence-electron chi connectivity index (χ4n) is 3.19. The maximum atomic E-state index is 13.0. The molecule has 2 aromatic heterocycles. The number of anilines is 1. The standard InChI is InChI=1S/C27H31N5O4S/c1-7-11-20(17(3)8-2)12-9-14-28-27-30-18(4)23(19(5)31-27)25(34)32-21(26(35)36-6)16-29-24(33)22-13-10-15-37-22/h7-8,10-11,13,15,21H,2,14,16H2,1,3-6H3,(H,29,33)(H,32,34)(H,28,30,31). The summed E-state index contributed by atoms with van der Waals surface area (Å²) in [4.78, 5) is 46.7. The number of allylic oxidation sites excluding steroid dienone is 5. The van der Waals surface area contributed by atoms with E-state index in [-0.39, 0.29) is 18.0 Å². The zero-order valence-electron chi connectivity index (χ0n) is 21.6. The fourth-order valence-corrected chi connectivity index (χ4v) is 3.83. The molecule has 0 fully saturated rings. The number of carbonyl (C=O) groups excluding carboxylic acids is 3. The van der Waals surface area contributed by atoms with E-state index < -0.39 is 17.9 Å². The maximum absolute atomic E-state index is 13.0. The number of ether oxygens (including phenoxy) is 1. The largest absolute Gasteiger partial charge is 0.467 e. The summed E-state index contributed by atoms with van der Waals surface area (Å²) in [6.07, 6.45) is 5.57. The molecular weight excluding hydrogens is 490 g/mol. The number of aryl methyl sites for hydroxylation is 2. The fraction of sp³-hybridized carbons (Fsp3) is 0.296. The molecule has 9 nitrogen and oxygen atoms in total. The molecule has 2 amide bonds. The van der Waals surface area contributed by atoms with Crippen LogP contribution in [0.2, 0.25) is 0 Å². The molecule has 194 valence electrons. The average Bonchev–Trinajstić information content (AvgIpc) is 3.42. The highest BCUT2D eigenvalue weighted by Gasteiger charge is 2.25. The highest BCUT2D eigenvalue weighted by atomic mass is 32.1. The van der Waals surface area contributed by atoms with Gasteiger partial charge >= 0.3 is 5.97 Å². The van der Waals surface area contributed by atoms with Crippen LogP contribution in [0.15, 0.2) is 53.5 Å². The van der Waals surface area contributed by atoms with Crippen LogP contribution in [0, 0.1) is 25.7 Å². The van der Waals surface area contributed by atoms with Crippen molar-refractivity contribution in [3.05, 3.63) is 75.3 Å². The Balaban J connectivity index is 2.10. The van der Waals surface area contributed by atoms with Crippen LogP contribution in [0.25, 0.3) is 0 Å². The summed E-state index contributed by atoms with van der Waals surface area (Å²) in [5.74, 6) is 4.85. The molecule has 0 aliphatic heterocycles. The van der Waals surface area contributed by atoms with Crippen LogP contribution in [0.3, 0.4) is 0 Å². The number of esters is 1. The van der Waals surface area contributed by atoms with Gasteiger partial charge in [-0.1, -0.05) is 42.7 Å². The van der Waals surface area contributed by atoms with Gasteiger partial charge < -0.3 is 20.7 Å². The Morgan fingerprint density at radius 3 is 2.49 bits per heavy atom. The molecule has 2 heterocycles. The number of carbonyl (C=O) groups is 3. The van der Waals surface area contributed by atoms with E-state index in [9.17, 15) is 14.4 Å². The van der Waals surface area contributed by atoms with Gasteiger partial charge in [-0.2, -0.15) is 0 Å². The number of methoxy groups -OCH3 is 1. The van der Waals surface area contributed by atoms with Crippen molar-refractivity contribution >= 4 is 35.1 Å². The van der Waals surface area contributed by atoms with E-state index in [2.05, 4.69) is 44.3 Å². The molecule has 2 rings (SSSR count). The van der Waals surface area contributed by atoms with Crippen LogP contribution in [0.1, 0.15) is 45.3 Å². The first kappa shape index (κ1) is 29.0. The third-order valence-corrected chi connectivity index (χ3v) is 5.99. The van der Waals surface area contributed by atoms with E-state index in [1.807, 2.05) is 26.0 Å². The van der Waals surface area contributed by atoms with Crippen molar-refractivity contribution in [2.75, 3.05) is 25.5 Å². The molecule has 0 saturated heterocycles. The Morgan fingerprint density at radius 2 is 1.92 bits per heavy atom. The van der Waals surface area contributed by atoms with E-state index in [0.29, 0.717) is 28.8 Å². The van der Waals surface area contributed by atoms with Crippen LogP contribution >= 0.6 is 11.3 Å². The third kappa shape index (κ3) is 8.44. The van der Waals surface area contributed by atoms with Gasteiger partial charge in [0.15, 0.2) is 0 Å². The second-order valence-electron chi connectivity index (χ2n) is 7.79. The van der Waals surface area contributed by atoms with Crippen LogP contribution in [0.4, 0.5) is 5.95 Å². The van der Waals surface area contributed by atoms with Crippen molar-refractivity contribution in [3.63, 3.8) is 0 Å². The van der Waals surface area contributed by atoms with Crippen LogP contribution in [0.5, 0.6) is 0 Å². The Kier molecular flexibility index (Phi) is 11.3. The van der Waals surface area contributed by atoms with E-state index in [1.54, 1.807) is 37.4 Å². The van der Waals surface area contributed by atoms with E-state index in [0.717, 1.165) is 11.1 Å². The van der Waals surface area contributed by atoms with E-state index in [1.165, 1.54) is 18.4 Å². The zero-order chi connectivity index (χ0) is 27.4. The molecule has 0 aromatic carbocycles. The molecule has 0 aliphatic carbocycles. The highest BCUT2D eigenvalue weighted by molar-refractivity contribution is 7.12. The van der Waals surface area contributed by atoms with Gasteiger partial charge in [-0.25, -0.2) is 14.8 Å². The Bertz CT molecular complexity index is 1250. The first-order valence-corrected chi connectivity index (χ1v) is 12.3. The lowest BCUT2D eigenvalue weighted by atomic mass is 10.1. The summed E-state index contributed by atoms with van der Waals surface area (Å²) in [5.41, 5.74) is 2.91. The van der Waals surface area contributed by atoms with Gasteiger partial charge in [0, 0.05) is 12.1 Å². The predicted molar refractivity (Wildman–Crippen MR) is 145 cm³/mol. The van der Waals surface area contributed by atoms with Gasteiger partial charge in [0.2, 0.25) is 5.95 Å². The molecule has 37 heavy (non-hydrogen) atoms. The van der Waals surface area contributed by atoms with Gasteiger partial charge in [-0.3, -0.25) is 9.59 Å². The number of nitrogens with zero attached hydrogens (tertiary/aromatic N) is 2. The minimum Gasteiger partial charge on any atom is -0.467 e. The quantitative estimate of drug-likeness (QED) is 0.249. The lowest BCUT2D eigenvalue weighted by molar-refractivity contribution is -0.142. The predicted octanol–water partition coefficient (Wildman–Crippen LogP) is 3.35.